The third kappa shape index (κ3) is 0.912. The average Bonchev–Trinajstić information content (AvgIpc) is 2.53. The molecule has 102 valence electrons. The Balaban J connectivity index is 2.27. The summed E-state index contributed by atoms with van der Waals surface area (Å²) in [5, 5.41) is 0. The molecule has 3 fully saturated rings. The Morgan fingerprint density at radius 3 is 1.79 bits per heavy atom. The van der Waals surface area contributed by atoms with E-state index in [1.807, 2.05) is 0 Å². The molecule has 1 saturated carbocycles. The van der Waals surface area contributed by atoms with Crippen molar-refractivity contribution in [2.45, 2.75) is 13.1 Å². The van der Waals surface area contributed by atoms with E-state index >= 15 is 0 Å². The zero-order valence-electron chi connectivity index (χ0n) is 9.24. The van der Waals surface area contributed by atoms with Gasteiger partial charge in [0.1, 0.15) is 11.8 Å². The second-order valence-electron chi connectivity index (χ2n) is 4.93. The lowest BCUT2D eigenvalue weighted by Crippen LogP contribution is -2.72. The first-order chi connectivity index (χ1) is 8.59. The van der Waals surface area contributed by atoms with Crippen molar-refractivity contribution in [3.05, 3.63) is 0 Å². The lowest BCUT2D eigenvalue weighted by atomic mass is 9.40. The first-order valence-electron chi connectivity index (χ1n) is 5.18. The van der Waals surface area contributed by atoms with Gasteiger partial charge in [0.15, 0.2) is 5.41 Å². The Morgan fingerprint density at radius 2 is 1.37 bits per heavy atom. The van der Waals surface area contributed by atoms with Gasteiger partial charge in [0.25, 0.3) is 0 Å². The molecule has 9 heteroatoms. The quantitative estimate of drug-likeness (QED) is 0.456. The van der Waals surface area contributed by atoms with Gasteiger partial charge in [-0.2, -0.15) is 13.2 Å². The molecular formula is C10H5F3O6. The van der Waals surface area contributed by atoms with Crippen LogP contribution in [0.3, 0.4) is 0 Å². The zero-order valence-corrected chi connectivity index (χ0v) is 9.24. The molecular weight excluding hydrogens is 273 g/mol. The maximum absolute atomic E-state index is 13.2. The molecule has 0 N–H and O–H groups in total. The van der Waals surface area contributed by atoms with Crippen LogP contribution in [0.5, 0.6) is 0 Å². The van der Waals surface area contributed by atoms with E-state index in [4.69, 9.17) is 0 Å². The second-order valence-corrected chi connectivity index (χ2v) is 4.93. The molecule has 4 atom stereocenters. The van der Waals surface area contributed by atoms with Gasteiger partial charge in [-0.3, -0.25) is 19.2 Å². The molecule has 0 spiro atoms. The number of halogens is 3. The number of rotatable bonds is 0. The van der Waals surface area contributed by atoms with Crippen LogP contribution in [0, 0.1) is 22.7 Å². The van der Waals surface area contributed by atoms with E-state index in [-0.39, 0.29) is 0 Å². The molecule has 3 rings (SSSR count). The fraction of sp³-hybridized carbons (Fsp3) is 0.600. The highest BCUT2D eigenvalue weighted by Gasteiger charge is 2.94. The van der Waals surface area contributed by atoms with Crippen LogP contribution in [-0.2, 0) is 28.7 Å². The predicted octanol–water partition coefficient (Wildman–Crippen LogP) is -0.0458. The van der Waals surface area contributed by atoms with Crippen molar-refractivity contribution in [3.8, 4) is 0 Å². The van der Waals surface area contributed by atoms with Gasteiger partial charge < -0.3 is 9.47 Å². The molecule has 6 nitrogen and oxygen atoms in total. The van der Waals surface area contributed by atoms with Crippen LogP contribution in [0.15, 0.2) is 0 Å². The molecule has 0 aromatic carbocycles. The van der Waals surface area contributed by atoms with Gasteiger partial charge in [0.2, 0.25) is 0 Å². The van der Waals surface area contributed by atoms with Gasteiger partial charge in [-0.05, 0) is 6.92 Å². The predicted molar refractivity (Wildman–Crippen MR) is 45.8 cm³/mol. The standard InChI is InChI=1S/C10H5F3O6/c1-8-2(4(14)18-6(8)16)9(10(11,12)13)3(8)5(15)19-7(9)17/h2-3H,1H3. The van der Waals surface area contributed by atoms with Crippen molar-refractivity contribution in [1.29, 1.82) is 0 Å². The number of cyclic esters (lactones) is 4. The van der Waals surface area contributed by atoms with Gasteiger partial charge in [0, 0.05) is 0 Å². The Hall–Kier alpha value is -1.93. The minimum absolute atomic E-state index is 0.999. The third-order valence-corrected chi connectivity index (χ3v) is 4.21. The van der Waals surface area contributed by atoms with Crippen LogP contribution in [0.2, 0.25) is 0 Å². The lowest BCUT2D eigenvalue weighted by molar-refractivity contribution is -0.297. The number of esters is 4. The fourth-order valence-electron chi connectivity index (χ4n) is 3.45. The summed E-state index contributed by atoms with van der Waals surface area (Å²) in [6, 6.07) is 0. The van der Waals surface area contributed by atoms with Crippen LogP contribution in [0.1, 0.15) is 6.92 Å². The van der Waals surface area contributed by atoms with Crippen molar-refractivity contribution in [1.82, 2.24) is 0 Å². The van der Waals surface area contributed by atoms with Crippen molar-refractivity contribution < 1.29 is 41.8 Å². The van der Waals surface area contributed by atoms with Crippen molar-refractivity contribution in [2.75, 3.05) is 0 Å². The van der Waals surface area contributed by atoms with E-state index in [0.29, 0.717) is 0 Å². The Bertz CT molecular complexity index is 546. The molecule has 2 heterocycles. The maximum atomic E-state index is 13.2. The molecule has 4 unspecified atom stereocenters. The van der Waals surface area contributed by atoms with E-state index in [1.54, 1.807) is 0 Å². The average molecular weight is 278 g/mol. The number of hydrogen-bond acceptors (Lipinski definition) is 6. The summed E-state index contributed by atoms with van der Waals surface area (Å²) in [4.78, 5) is 45.8. The zero-order chi connectivity index (χ0) is 14.4. The highest BCUT2D eigenvalue weighted by atomic mass is 19.4. The van der Waals surface area contributed by atoms with Gasteiger partial charge in [-0.15, -0.1) is 0 Å². The molecule has 3 aliphatic rings. The number of hydrogen-bond donors (Lipinski definition) is 0. The van der Waals surface area contributed by atoms with E-state index in [9.17, 15) is 32.3 Å². The molecule has 0 radical (unpaired) electrons. The minimum Gasteiger partial charge on any atom is -0.392 e. The van der Waals surface area contributed by atoms with E-state index < -0.39 is 52.7 Å². The van der Waals surface area contributed by atoms with Gasteiger partial charge in [-0.25, -0.2) is 0 Å². The normalized spacial score (nSPS) is 44.4. The van der Waals surface area contributed by atoms with Gasteiger partial charge >= 0.3 is 30.1 Å². The summed E-state index contributed by atoms with van der Waals surface area (Å²) >= 11 is 0. The molecule has 0 bridgehead atoms. The minimum atomic E-state index is -5.19. The maximum Gasteiger partial charge on any atom is 0.406 e. The highest BCUT2D eigenvalue weighted by molar-refractivity contribution is 6.14. The molecule has 2 aliphatic heterocycles. The van der Waals surface area contributed by atoms with Crippen LogP contribution in [0.4, 0.5) is 13.2 Å². The van der Waals surface area contributed by atoms with Crippen LogP contribution < -0.4 is 0 Å². The Labute approximate surface area is 102 Å². The highest BCUT2D eigenvalue weighted by Crippen LogP contribution is 2.75. The summed E-state index contributed by atoms with van der Waals surface area (Å²) in [5.74, 6) is -10.1. The largest absolute Gasteiger partial charge is 0.406 e. The molecule has 0 aromatic heterocycles. The third-order valence-electron chi connectivity index (χ3n) is 4.21. The summed E-state index contributed by atoms with van der Waals surface area (Å²) in [6.45, 7) is 0.999. The van der Waals surface area contributed by atoms with Gasteiger partial charge in [-0.1, -0.05) is 0 Å². The van der Waals surface area contributed by atoms with Crippen LogP contribution in [0.25, 0.3) is 0 Å². The fourth-order valence-corrected chi connectivity index (χ4v) is 3.45. The van der Waals surface area contributed by atoms with Crippen LogP contribution >= 0.6 is 0 Å². The van der Waals surface area contributed by atoms with E-state index in [1.165, 1.54) is 0 Å². The van der Waals surface area contributed by atoms with Crippen molar-refractivity contribution >= 4 is 23.9 Å². The SMILES string of the molecule is CC12C(=O)OC(=O)C1C1(C(F)(F)F)C(=O)OC(=O)C21. The number of fused-ring (bicyclic) bond motifs is 4. The van der Waals surface area contributed by atoms with E-state index in [0.717, 1.165) is 6.92 Å². The monoisotopic (exact) mass is 278 g/mol. The molecule has 1 aliphatic carbocycles. The van der Waals surface area contributed by atoms with Crippen LogP contribution in [-0.4, -0.2) is 30.1 Å². The number of ether oxygens (including phenoxy) is 2. The summed E-state index contributed by atoms with van der Waals surface area (Å²) < 4.78 is 47.8. The summed E-state index contributed by atoms with van der Waals surface area (Å²) in [7, 11) is 0. The topological polar surface area (TPSA) is 86.7 Å². The lowest BCUT2D eigenvalue weighted by Gasteiger charge is -2.52. The molecule has 2 saturated heterocycles. The molecule has 19 heavy (non-hydrogen) atoms. The number of carbonyl (C=O) groups excluding carboxylic acids is 4. The smallest absolute Gasteiger partial charge is 0.392 e. The Kier molecular flexibility index (Phi) is 1.79. The van der Waals surface area contributed by atoms with Crippen molar-refractivity contribution in [3.63, 3.8) is 0 Å². The Morgan fingerprint density at radius 1 is 0.947 bits per heavy atom. The first kappa shape index (κ1) is 12.1. The number of carbonyl (C=O) groups is 4. The second kappa shape index (κ2) is 2.81. The molecule has 0 amide bonds. The van der Waals surface area contributed by atoms with E-state index in [2.05, 4.69) is 9.47 Å². The summed E-state index contributed by atoms with van der Waals surface area (Å²) in [6.07, 6.45) is -5.19. The molecule has 0 aromatic rings. The van der Waals surface area contributed by atoms with Gasteiger partial charge in [0.05, 0.1) is 5.41 Å². The number of alkyl halides is 3. The summed E-state index contributed by atoms with van der Waals surface area (Å²) in [5.41, 5.74) is -5.28. The van der Waals surface area contributed by atoms with Crippen molar-refractivity contribution in [2.24, 2.45) is 22.7 Å². The first-order valence-corrected chi connectivity index (χ1v) is 5.18.